The van der Waals surface area contributed by atoms with Crippen LogP contribution in [0.2, 0.25) is 10.0 Å². The number of sulfonamides is 1. The molecule has 6 nitrogen and oxygen atoms in total. The van der Waals surface area contributed by atoms with Crippen LogP contribution in [0, 0.1) is 6.92 Å². The van der Waals surface area contributed by atoms with E-state index in [9.17, 15) is 13.2 Å². The van der Waals surface area contributed by atoms with E-state index in [1.807, 2.05) is 31.2 Å². The number of amides is 1. The fourth-order valence-electron chi connectivity index (χ4n) is 3.20. The number of nitrogens with zero attached hydrogens (tertiary/aromatic N) is 1. The summed E-state index contributed by atoms with van der Waals surface area (Å²) < 4.78 is 33.4. The van der Waals surface area contributed by atoms with Gasteiger partial charge in [-0.15, -0.1) is 0 Å². The van der Waals surface area contributed by atoms with Crippen LogP contribution in [0.25, 0.3) is 0 Å². The van der Waals surface area contributed by atoms with Crippen molar-refractivity contribution in [2.75, 3.05) is 24.0 Å². The van der Waals surface area contributed by atoms with Gasteiger partial charge in [-0.2, -0.15) is 0 Å². The van der Waals surface area contributed by atoms with Gasteiger partial charge in [0, 0.05) is 10.0 Å². The van der Waals surface area contributed by atoms with Crippen molar-refractivity contribution in [2.45, 2.75) is 25.2 Å². The van der Waals surface area contributed by atoms with E-state index in [0.717, 1.165) is 16.3 Å². The molecule has 3 aromatic carbocycles. The fourth-order valence-corrected chi connectivity index (χ4v) is 5.12. The Balaban J connectivity index is 1.71. The van der Waals surface area contributed by atoms with Gasteiger partial charge in [-0.25, -0.2) is 8.42 Å². The Kier molecular flexibility index (Phi) is 8.83. The van der Waals surface area contributed by atoms with E-state index in [0.29, 0.717) is 5.75 Å². The molecule has 1 N–H and O–H groups in total. The fraction of sp³-hybridized carbons (Fsp3) is 0.240. The van der Waals surface area contributed by atoms with Gasteiger partial charge in [-0.05, 0) is 61.4 Å². The van der Waals surface area contributed by atoms with Crippen molar-refractivity contribution in [2.24, 2.45) is 0 Å². The Hall–Kier alpha value is -2.74. The zero-order valence-electron chi connectivity index (χ0n) is 18.9. The van der Waals surface area contributed by atoms with Crippen LogP contribution in [0.4, 0.5) is 5.69 Å². The van der Waals surface area contributed by atoms with Crippen LogP contribution in [-0.4, -0.2) is 34.0 Å². The Morgan fingerprint density at radius 3 is 2.18 bits per heavy atom. The van der Waals surface area contributed by atoms with Gasteiger partial charge < -0.3 is 10.1 Å². The molecule has 0 radical (unpaired) electrons. The van der Waals surface area contributed by atoms with Crippen molar-refractivity contribution in [1.29, 1.82) is 0 Å². The van der Waals surface area contributed by atoms with Crippen LogP contribution < -0.4 is 14.4 Å². The minimum atomic E-state index is -4.06. The summed E-state index contributed by atoms with van der Waals surface area (Å²) in [5.74, 6) is 0.209. The Morgan fingerprint density at radius 1 is 0.971 bits per heavy atom. The molecule has 0 spiro atoms. The number of halogens is 2. The Morgan fingerprint density at radius 2 is 1.59 bits per heavy atom. The third-order valence-corrected chi connectivity index (χ3v) is 7.28. The van der Waals surface area contributed by atoms with E-state index < -0.39 is 22.5 Å². The molecule has 0 saturated heterocycles. The summed E-state index contributed by atoms with van der Waals surface area (Å²) in [6.45, 7) is 3.94. The second-order valence-electron chi connectivity index (χ2n) is 7.65. The smallest absolute Gasteiger partial charge is 0.264 e. The van der Waals surface area contributed by atoms with E-state index in [2.05, 4.69) is 12.2 Å². The summed E-state index contributed by atoms with van der Waals surface area (Å²) in [5, 5.41) is 3.22. The van der Waals surface area contributed by atoms with Gasteiger partial charge in [0.2, 0.25) is 5.91 Å². The molecule has 0 fully saturated rings. The van der Waals surface area contributed by atoms with Gasteiger partial charge in [0.05, 0.1) is 17.1 Å². The van der Waals surface area contributed by atoms with Crippen LogP contribution in [-0.2, 0) is 21.2 Å². The van der Waals surface area contributed by atoms with Crippen molar-refractivity contribution < 1.29 is 17.9 Å². The van der Waals surface area contributed by atoms with E-state index in [1.165, 1.54) is 35.9 Å². The highest BCUT2D eigenvalue weighted by Crippen LogP contribution is 2.29. The average molecular weight is 521 g/mol. The Bertz CT molecular complexity index is 1210. The highest BCUT2D eigenvalue weighted by Gasteiger charge is 2.27. The molecule has 0 atom stereocenters. The first kappa shape index (κ1) is 25.9. The van der Waals surface area contributed by atoms with Crippen LogP contribution in [0.15, 0.2) is 71.6 Å². The lowest BCUT2D eigenvalue weighted by Gasteiger charge is -2.24. The van der Waals surface area contributed by atoms with Crippen molar-refractivity contribution in [3.05, 3.63) is 87.9 Å². The van der Waals surface area contributed by atoms with Crippen LogP contribution >= 0.6 is 23.2 Å². The third-order valence-electron chi connectivity index (χ3n) is 5.06. The van der Waals surface area contributed by atoms with Crippen molar-refractivity contribution in [1.82, 2.24) is 5.32 Å². The van der Waals surface area contributed by atoms with E-state index in [4.69, 9.17) is 27.9 Å². The number of benzene rings is 3. The number of anilines is 1. The Labute approximate surface area is 210 Å². The number of carbonyl (C=O) groups is 1. The van der Waals surface area contributed by atoms with Crippen molar-refractivity contribution in [3.63, 3.8) is 0 Å². The second-order valence-corrected chi connectivity index (χ2v) is 10.4. The minimum Gasteiger partial charge on any atom is -0.492 e. The third kappa shape index (κ3) is 6.88. The SMILES string of the molecule is CCc1ccc(OCCNC(=O)CN(c2cc(Cl)cc(Cl)c2)S(=O)(=O)c2ccc(C)cc2)cc1. The van der Waals surface area contributed by atoms with Gasteiger partial charge in [-0.3, -0.25) is 9.10 Å². The van der Waals surface area contributed by atoms with Crippen LogP contribution in [0.5, 0.6) is 5.75 Å². The molecule has 9 heteroatoms. The molecular weight excluding hydrogens is 495 g/mol. The molecule has 0 aliphatic rings. The first-order chi connectivity index (χ1) is 16.2. The number of ether oxygens (including phenoxy) is 1. The first-order valence-electron chi connectivity index (χ1n) is 10.7. The zero-order chi connectivity index (χ0) is 24.7. The van der Waals surface area contributed by atoms with Gasteiger partial charge in [-0.1, -0.05) is 60.0 Å². The van der Waals surface area contributed by atoms with Gasteiger partial charge in [0.1, 0.15) is 18.9 Å². The van der Waals surface area contributed by atoms with Gasteiger partial charge in [0.15, 0.2) is 0 Å². The molecular formula is C25H26Cl2N2O4S. The van der Waals surface area contributed by atoms with Gasteiger partial charge >= 0.3 is 0 Å². The number of carbonyl (C=O) groups excluding carboxylic acids is 1. The molecule has 3 rings (SSSR count). The number of hydrogen-bond acceptors (Lipinski definition) is 4. The molecule has 1 amide bonds. The lowest BCUT2D eigenvalue weighted by Crippen LogP contribution is -2.42. The number of rotatable bonds is 10. The molecule has 34 heavy (non-hydrogen) atoms. The predicted octanol–water partition coefficient (Wildman–Crippen LogP) is 5.25. The monoisotopic (exact) mass is 520 g/mol. The molecule has 0 aromatic heterocycles. The standard InChI is InChI=1S/C25H26Cl2N2O4S/c1-3-19-6-8-23(9-7-19)33-13-12-28-25(30)17-29(22-15-20(26)14-21(27)16-22)34(31,32)24-10-4-18(2)5-11-24/h4-11,14-16H,3,12-13,17H2,1-2H3,(H,28,30). The molecule has 3 aromatic rings. The van der Waals surface area contributed by atoms with E-state index >= 15 is 0 Å². The van der Waals surface area contributed by atoms with Crippen LogP contribution in [0.3, 0.4) is 0 Å². The average Bonchev–Trinajstić information content (AvgIpc) is 2.80. The topological polar surface area (TPSA) is 75.7 Å². The normalized spacial score (nSPS) is 11.2. The lowest BCUT2D eigenvalue weighted by atomic mass is 10.2. The molecule has 180 valence electrons. The number of nitrogens with one attached hydrogen (secondary N) is 1. The summed E-state index contributed by atoms with van der Waals surface area (Å²) in [5.41, 5.74) is 2.32. The maximum atomic E-state index is 13.4. The van der Waals surface area contributed by atoms with Gasteiger partial charge in [0.25, 0.3) is 10.0 Å². The molecule has 0 unspecified atom stereocenters. The molecule has 0 aliphatic heterocycles. The van der Waals surface area contributed by atoms with E-state index in [-0.39, 0.29) is 33.8 Å². The first-order valence-corrected chi connectivity index (χ1v) is 12.9. The maximum Gasteiger partial charge on any atom is 0.264 e. The summed E-state index contributed by atoms with van der Waals surface area (Å²) in [7, 11) is -4.06. The zero-order valence-corrected chi connectivity index (χ0v) is 21.3. The van der Waals surface area contributed by atoms with Crippen LogP contribution in [0.1, 0.15) is 18.1 Å². The summed E-state index contributed by atoms with van der Waals surface area (Å²) in [4.78, 5) is 12.7. The lowest BCUT2D eigenvalue weighted by molar-refractivity contribution is -0.119. The molecule has 0 aliphatic carbocycles. The predicted molar refractivity (Wildman–Crippen MR) is 136 cm³/mol. The molecule has 0 heterocycles. The molecule has 0 saturated carbocycles. The van der Waals surface area contributed by atoms with E-state index in [1.54, 1.807) is 12.1 Å². The number of aryl methyl sites for hydroxylation is 2. The number of hydrogen-bond donors (Lipinski definition) is 1. The van der Waals surface area contributed by atoms with Crippen molar-refractivity contribution >= 4 is 44.8 Å². The minimum absolute atomic E-state index is 0.0563. The molecule has 0 bridgehead atoms. The quantitative estimate of drug-likeness (QED) is 0.370. The maximum absolute atomic E-state index is 13.4. The summed E-state index contributed by atoms with van der Waals surface area (Å²) in [6.07, 6.45) is 0.941. The highest BCUT2D eigenvalue weighted by molar-refractivity contribution is 7.92. The summed E-state index contributed by atoms with van der Waals surface area (Å²) >= 11 is 12.2. The highest BCUT2D eigenvalue weighted by atomic mass is 35.5. The summed E-state index contributed by atoms with van der Waals surface area (Å²) in [6, 6.07) is 18.5. The second kappa shape index (κ2) is 11.6. The largest absolute Gasteiger partial charge is 0.492 e. The van der Waals surface area contributed by atoms with Crippen molar-refractivity contribution in [3.8, 4) is 5.75 Å².